The van der Waals surface area contributed by atoms with Gasteiger partial charge in [0.1, 0.15) is 5.56 Å². The number of rotatable bonds is 8. The van der Waals surface area contributed by atoms with Gasteiger partial charge in [-0.15, -0.1) is 0 Å². The van der Waals surface area contributed by atoms with Crippen molar-refractivity contribution in [3.05, 3.63) is 45.6 Å². The lowest BCUT2D eigenvalue weighted by Crippen LogP contribution is -2.26. The van der Waals surface area contributed by atoms with Crippen molar-refractivity contribution in [1.29, 1.82) is 0 Å². The molecule has 2 rings (SSSR count). The molecule has 4 N–H and O–H groups in total. The topological polar surface area (TPSA) is 98.0 Å². The van der Waals surface area contributed by atoms with Crippen LogP contribution < -0.4 is 5.32 Å². The Hall–Kier alpha value is -1.93. The molecule has 0 aliphatic heterocycles. The summed E-state index contributed by atoms with van der Waals surface area (Å²) in [6.07, 6.45) is 1.40. The third-order valence-corrected chi connectivity index (χ3v) is 4.56. The van der Waals surface area contributed by atoms with E-state index in [9.17, 15) is 15.0 Å². The normalized spacial score (nSPS) is 10.9. The number of aromatic nitrogens is 1. The van der Waals surface area contributed by atoms with Crippen molar-refractivity contribution in [2.24, 2.45) is 0 Å². The summed E-state index contributed by atoms with van der Waals surface area (Å²) in [7, 11) is 1.58. The molecule has 26 heavy (non-hydrogen) atoms. The molecule has 0 aliphatic carbocycles. The van der Waals surface area contributed by atoms with Crippen LogP contribution >= 0.6 is 23.2 Å². The number of halogens is 2. The summed E-state index contributed by atoms with van der Waals surface area (Å²) in [5.41, 5.74) is 0.791. The number of carbonyl (C=O) groups is 1. The van der Waals surface area contributed by atoms with Crippen molar-refractivity contribution in [2.75, 3.05) is 26.7 Å². The Kier molecular flexibility index (Phi) is 7.16. The molecule has 0 radical (unpaired) electrons. The summed E-state index contributed by atoms with van der Waals surface area (Å²) in [5, 5.41) is 32.6. The summed E-state index contributed by atoms with van der Waals surface area (Å²) in [4.78, 5) is 14.0. The Bertz CT molecular complexity index is 780. The minimum Gasteiger partial charge on any atom is -0.503 e. The number of amides is 1. The molecule has 142 valence electrons. The van der Waals surface area contributed by atoms with E-state index in [2.05, 4.69) is 5.32 Å². The van der Waals surface area contributed by atoms with E-state index in [4.69, 9.17) is 28.3 Å². The quantitative estimate of drug-likeness (QED) is 0.507. The molecule has 1 aromatic carbocycles. The van der Waals surface area contributed by atoms with Crippen molar-refractivity contribution >= 4 is 29.1 Å². The zero-order chi connectivity index (χ0) is 19.3. The van der Waals surface area contributed by atoms with Gasteiger partial charge >= 0.3 is 0 Å². The number of aliphatic hydroxyl groups excluding tert-OH is 1. The second-order valence-electron chi connectivity index (χ2n) is 5.79. The predicted octanol–water partition coefficient (Wildman–Crippen LogP) is 2.06. The van der Waals surface area contributed by atoms with Crippen molar-refractivity contribution in [3.8, 4) is 11.6 Å². The Balaban J connectivity index is 2.08. The zero-order valence-electron chi connectivity index (χ0n) is 14.2. The first kappa shape index (κ1) is 20.4. The molecule has 0 aliphatic rings. The molecule has 1 heterocycles. The largest absolute Gasteiger partial charge is 0.503 e. The average molecular weight is 402 g/mol. The van der Waals surface area contributed by atoms with Crippen LogP contribution in [-0.2, 0) is 13.1 Å². The molecule has 1 aromatic heterocycles. The molecule has 0 unspecified atom stereocenters. The van der Waals surface area contributed by atoms with Gasteiger partial charge in [-0.1, -0.05) is 29.3 Å². The predicted molar refractivity (Wildman–Crippen MR) is 100.0 cm³/mol. The van der Waals surface area contributed by atoms with Crippen molar-refractivity contribution in [3.63, 3.8) is 0 Å². The lowest BCUT2D eigenvalue weighted by molar-refractivity contribution is 0.0782. The lowest BCUT2D eigenvalue weighted by Gasteiger charge is -2.17. The first-order valence-electron chi connectivity index (χ1n) is 7.97. The van der Waals surface area contributed by atoms with Gasteiger partial charge in [0.25, 0.3) is 5.91 Å². The third kappa shape index (κ3) is 4.82. The van der Waals surface area contributed by atoms with Gasteiger partial charge in [0.15, 0.2) is 5.75 Å². The lowest BCUT2D eigenvalue weighted by atomic mass is 10.2. The Labute approximate surface area is 161 Å². The highest BCUT2D eigenvalue weighted by atomic mass is 35.5. The summed E-state index contributed by atoms with van der Waals surface area (Å²) in [5.74, 6) is -1.27. The standard InChI is InChI=1S/C17H21Cl2N3O4/c1-21(9-11-2-3-13(18)14(19)8-11)16(25)12-10-22(17(26)15(12)24)6-4-20-5-7-23/h2-3,8,10,20,23-24,26H,4-7,9H2,1H3. The highest BCUT2D eigenvalue weighted by Crippen LogP contribution is 2.32. The Morgan fingerprint density at radius 1 is 1.23 bits per heavy atom. The molecule has 0 saturated heterocycles. The highest BCUT2D eigenvalue weighted by molar-refractivity contribution is 6.42. The van der Waals surface area contributed by atoms with E-state index in [1.54, 1.807) is 25.2 Å². The first-order valence-corrected chi connectivity index (χ1v) is 8.72. The van der Waals surface area contributed by atoms with Crippen LogP contribution in [0, 0.1) is 0 Å². The monoisotopic (exact) mass is 401 g/mol. The van der Waals surface area contributed by atoms with Gasteiger partial charge < -0.3 is 30.1 Å². The van der Waals surface area contributed by atoms with Crippen molar-refractivity contribution in [1.82, 2.24) is 14.8 Å². The number of hydrogen-bond acceptors (Lipinski definition) is 5. The number of aliphatic hydroxyl groups is 1. The molecule has 1 amide bonds. The minimum atomic E-state index is -0.460. The molecule has 9 heteroatoms. The van der Waals surface area contributed by atoms with Gasteiger partial charge in [0.05, 0.1) is 16.7 Å². The Morgan fingerprint density at radius 2 is 1.96 bits per heavy atom. The van der Waals surface area contributed by atoms with Crippen LogP contribution in [0.4, 0.5) is 0 Å². The van der Waals surface area contributed by atoms with E-state index in [1.165, 1.54) is 15.7 Å². The first-order chi connectivity index (χ1) is 12.3. The maximum absolute atomic E-state index is 12.6. The summed E-state index contributed by atoms with van der Waals surface area (Å²) >= 11 is 11.9. The number of carbonyl (C=O) groups excluding carboxylic acids is 1. The van der Waals surface area contributed by atoms with E-state index in [0.717, 1.165) is 5.56 Å². The molecule has 0 saturated carbocycles. The fourth-order valence-corrected chi connectivity index (χ4v) is 2.78. The van der Waals surface area contributed by atoms with E-state index >= 15 is 0 Å². The smallest absolute Gasteiger partial charge is 0.259 e. The van der Waals surface area contributed by atoms with E-state index in [-0.39, 0.29) is 24.6 Å². The zero-order valence-corrected chi connectivity index (χ0v) is 15.8. The second kappa shape index (κ2) is 9.14. The van der Waals surface area contributed by atoms with Crippen LogP contribution in [0.2, 0.25) is 10.0 Å². The van der Waals surface area contributed by atoms with Gasteiger partial charge in [-0.25, -0.2) is 0 Å². The van der Waals surface area contributed by atoms with Crippen molar-refractivity contribution < 1.29 is 20.1 Å². The van der Waals surface area contributed by atoms with Gasteiger partial charge in [-0.05, 0) is 17.7 Å². The molecule has 0 atom stereocenters. The van der Waals surface area contributed by atoms with Crippen LogP contribution in [0.1, 0.15) is 15.9 Å². The van der Waals surface area contributed by atoms with Gasteiger partial charge in [-0.3, -0.25) is 4.79 Å². The highest BCUT2D eigenvalue weighted by Gasteiger charge is 2.23. The molecule has 2 aromatic rings. The van der Waals surface area contributed by atoms with Gasteiger partial charge in [-0.2, -0.15) is 0 Å². The van der Waals surface area contributed by atoms with Crippen molar-refractivity contribution in [2.45, 2.75) is 13.1 Å². The molecule has 7 nitrogen and oxygen atoms in total. The molecule has 0 fully saturated rings. The summed E-state index contributed by atoms with van der Waals surface area (Å²) in [6, 6.07) is 5.08. The van der Waals surface area contributed by atoms with E-state index in [0.29, 0.717) is 29.7 Å². The van der Waals surface area contributed by atoms with E-state index < -0.39 is 11.7 Å². The van der Waals surface area contributed by atoms with Gasteiger partial charge in [0.2, 0.25) is 5.88 Å². The third-order valence-electron chi connectivity index (χ3n) is 3.82. The van der Waals surface area contributed by atoms with Crippen LogP contribution in [0.5, 0.6) is 11.6 Å². The number of aromatic hydroxyl groups is 2. The van der Waals surface area contributed by atoms with E-state index in [1.807, 2.05) is 0 Å². The fourth-order valence-electron chi connectivity index (χ4n) is 2.45. The minimum absolute atomic E-state index is 0.00611. The fraction of sp³-hybridized carbons (Fsp3) is 0.353. The SMILES string of the molecule is CN(Cc1ccc(Cl)c(Cl)c1)C(=O)c1cn(CCNCCO)c(O)c1O. The van der Waals surface area contributed by atoms with Crippen LogP contribution in [-0.4, -0.2) is 57.4 Å². The molecular formula is C17H21Cl2N3O4. The average Bonchev–Trinajstić information content (AvgIpc) is 2.89. The second-order valence-corrected chi connectivity index (χ2v) is 6.61. The summed E-state index contributed by atoms with van der Waals surface area (Å²) in [6.45, 7) is 1.50. The maximum atomic E-state index is 12.6. The maximum Gasteiger partial charge on any atom is 0.259 e. The van der Waals surface area contributed by atoms with Gasteiger partial charge in [0, 0.05) is 39.4 Å². The number of benzene rings is 1. The molecular weight excluding hydrogens is 381 g/mol. The molecule has 0 spiro atoms. The summed E-state index contributed by atoms with van der Waals surface area (Å²) < 4.78 is 1.37. The van der Waals surface area contributed by atoms with Crippen LogP contribution in [0.15, 0.2) is 24.4 Å². The number of hydrogen-bond donors (Lipinski definition) is 4. The Morgan fingerprint density at radius 3 is 2.62 bits per heavy atom. The number of nitrogens with zero attached hydrogens (tertiary/aromatic N) is 2. The molecule has 0 bridgehead atoms. The number of nitrogens with one attached hydrogen (secondary N) is 1. The van der Waals surface area contributed by atoms with Crippen LogP contribution in [0.25, 0.3) is 0 Å². The van der Waals surface area contributed by atoms with Crippen LogP contribution in [0.3, 0.4) is 0 Å².